The van der Waals surface area contributed by atoms with Crippen LogP contribution in [0.4, 0.5) is 0 Å². The summed E-state index contributed by atoms with van der Waals surface area (Å²) in [6.07, 6.45) is -1.96. The van der Waals surface area contributed by atoms with Crippen molar-refractivity contribution in [3.63, 3.8) is 0 Å². The molecule has 0 radical (unpaired) electrons. The second-order valence-corrected chi connectivity index (χ2v) is 13.0. The van der Waals surface area contributed by atoms with Gasteiger partial charge in [-0.15, -0.1) is 0 Å². The fraction of sp³-hybridized carbons (Fsp3) is 0.196. The van der Waals surface area contributed by atoms with Gasteiger partial charge in [0.25, 0.3) is 0 Å². The summed E-state index contributed by atoms with van der Waals surface area (Å²) in [6, 6.07) is 49.1. The van der Waals surface area contributed by atoms with Gasteiger partial charge in [-0.1, -0.05) is 127 Å². The topological polar surface area (TPSA) is 72.5 Å². The lowest BCUT2D eigenvalue weighted by Crippen LogP contribution is -2.36. The summed E-state index contributed by atoms with van der Waals surface area (Å²) in [5, 5.41) is 0. The van der Waals surface area contributed by atoms with Crippen molar-refractivity contribution in [3.8, 4) is 23.0 Å². The zero-order valence-corrected chi connectivity index (χ0v) is 29.9. The van der Waals surface area contributed by atoms with E-state index in [4.69, 9.17) is 28.4 Å². The Kier molecular flexibility index (Phi) is 11.3. The van der Waals surface area contributed by atoms with E-state index >= 15 is 0 Å². The molecular weight excluding hydrogens is 664 g/mol. The van der Waals surface area contributed by atoms with Crippen LogP contribution in [0.5, 0.6) is 23.0 Å². The molecule has 0 aliphatic carbocycles. The highest BCUT2D eigenvalue weighted by atomic mass is 16.6. The third-order valence-corrected chi connectivity index (χ3v) is 9.14. The third-order valence-electron chi connectivity index (χ3n) is 9.14. The van der Waals surface area contributed by atoms with Gasteiger partial charge in [-0.3, -0.25) is 0 Å². The van der Waals surface area contributed by atoms with Gasteiger partial charge in [0.1, 0.15) is 37.4 Å². The summed E-state index contributed by atoms with van der Waals surface area (Å²) in [5.41, 5.74) is 6.39. The Labute approximate surface area is 310 Å². The van der Waals surface area contributed by atoms with E-state index < -0.39 is 24.3 Å². The minimum absolute atomic E-state index is 0.340. The van der Waals surface area contributed by atoms with Gasteiger partial charge in [-0.2, -0.15) is 0 Å². The number of aryl methyl sites for hydroxylation is 1. The largest absolute Gasteiger partial charge is 0.488 e. The van der Waals surface area contributed by atoms with Gasteiger partial charge in [0.2, 0.25) is 0 Å². The van der Waals surface area contributed by atoms with Crippen LogP contribution in [0.15, 0.2) is 152 Å². The molecule has 0 aromatic heterocycles. The molecule has 6 aromatic rings. The lowest BCUT2D eigenvalue weighted by Gasteiger charge is -2.35. The summed E-state index contributed by atoms with van der Waals surface area (Å²) < 4.78 is 38.0. The SMILES string of the molecule is CO[C@@H](C(=O)O[C@H]1Cc2c(OCc3ccccc3)cc(C)cc2O[C@H]1c1ccc(OCc2ccccc2)c(OCc2ccccc2)c1)c1ccccc1. The van der Waals surface area contributed by atoms with Crippen LogP contribution in [0.3, 0.4) is 0 Å². The second kappa shape index (κ2) is 17.0. The van der Waals surface area contributed by atoms with E-state index in [1.165, 1.54) is 7.11 Å². The monoisotopic (exact) mass is 706 g/mol. The second-order valence-electron chi connectivity index (χ2n) is 13.0. The lowest BCUT2D eigenvalue weighted by molar-refractivity contribution is -0.167. The number of methoxy groups -OCH3 is 1. The summed E-state index contributed by atoms with van der Waals surface area (Å²) in [7, 11) is 1.51. The normalized spacial score (nSPS) is 15.4. The molecule has 0 bridgehead atoms. The molecule has 7 rings (SSSR count). The van der Waals surface area contributed by atoms with E-state index in [1.54, 1.807) is 0 Å². The Morgan fingerprint density at radius 3 is 1.74 bits per heavy atom. The molecular formula is C46H42O7. The van der Waals surface area contributed by atoms with Crippen LogP contribution < -0.4 is 18.9 Å². The predicted octanol–water partition coefficient (Wildman–Crippen LogP) is 9.71. The number of ether oxygens (including phenoxy) is 6. The van der Waals surface area contributed by atoms with Crippen molar-refractivity contribution in [1.29, 1.82) is 0 Å². The van der Waals surface area contributed by atoms with Crippen LogP contribution >= 0.6 is 0 Å². The quantitative estimate of drug-likeness (QED) is 0.105. The molecule has 7 nitrogen and oxygen atoms in total. The number of fused-ring (bicyclic) bond motifs is 1. The molecule has 0 fully saturated rings. The van der Waals surface area contributed by atoms with Gasteiger partial charge >= 0.3 is 5.97 Å². The molecule has 0 N–H and O–H groups in total. The Bertz CT molecular complexity index is 2090. The number of rotatable bonds is 14. The van der Waals surface area contributed by atoms with E-state index in [9.17, 15) is 4.79 Å². The minimum Gasteiger partial charge on any atom is -0.488 e. The molecule has 0 saturated carbocycles. The van der Waals surface area contributed by atoms with Gasteiger partial charge in [0.05, 0.1) is 0 Å². The van der Waals surface area contributed by atoms with Gasteiger partial charge in [0, 0.05) is 24.7 Å². The average molecular weight is 707 g/mol. The summed E-state index contributed by atoms with van der Waals surface area (Å²) in [6.45, 7) is 3.11. The van der Waals surface area contributed by atoms with Crippen LogP contribution in [0, 0.1) is 6.92 Å². The molecule has 0 amide bonds. The van der Waals surface area contributed by atoms with Gasteiger partial charge in [-0.05, 0) is 59.0 Å². The molecule has 6 aromatic carbocycles. The molecule has 53 heavy (non-hydrogen) atoms. The first-order chi connectivity index (χ1) is 26.0. The zero-order chi connectivity index (χ0) is 36.4. The number of hydrogen-bond acceptors (Lipinski definition) is 7. The summed E-state index contributed by atoms with van der Waals surface area (Å²) >= 11 is 0. The Morgan fingerprint density at radius 2 is 1.17 bits per heavy atom. The van der Waals surface area contributed by atoms with E-state index in [0.717, 1.165) is 33.4 Å². The van der Waals surface area contributed by atoms with Crippen molar-refractivity contribution < 1.29 is 33.2 Å². The zero-order valence-electron chi connectivity index (χ0n) is 29.9. The number of hydrogen-bond donors (Lipinski definition) is 0. The van der Waals surface area contributed by atoms with Crippen LogP contribution in [0.25, 0.3) is 0 Å². The van der Waals surface area contributed by atoms with Crippen molar-refractivity contribution in [2.45, 2.75) is 51.5 Å². The predicted molar refractivity (Wildman–Crippen MR) is 203 cm³/mol. The highest BCUT2D eigenvalue weighted by molar-refractivity contribution is 5.77. The summed E-state index contributed by atoms with van der Waals surface area (Å²) in [4.78, 5) is 13.9. The molecule has 0 spiro atoms. The Hall–Kier alpha value is -6.05. The van der Waals surface area contributed by atoms with E-state index in [-0.39, 0.29) is 0 Å². The molecule has 3 atom stereocenters. The first-order valence-corrected chi connectivity index (χ1v) is 17.8. The fourth-order valence-electron chi connectivity index (χ4n) is 6.44. The smallest absolute Gasteiger partial charge is 0.340 e. The molecule has 0 unspecified atom stereocenters. The number of benzene rings is 6. The average Bonchev–Trinajstić information content (AvgIpc) is 3.20. The molecule has 1 heterocycles. The highest BCUT2D eigenvalue weighted by Crippen LogP contribution is 2.44. The molecule has 7 heteroatoms. The van der Waals surface area contributed by atoms with Crippen LogP contribution in [0.2, 0.25) is 0 Å². The van der Waals surface area contributed by atoms with Gasteiger partial charge in [0.15, 0.2) is 23.7 Å². The van der Waals surface area contributed by atoms with Crippen LogP contribution in [0.1, 0.15) is 51.2 Å². The maximum Gasteiger partial charge on any atom is 0.340 e. The Morgan fingerprint density at radius 1 is 0.642 bits per heavy atom. The molecule has 268 valence electrons. The molecule has 1 aliphatic rings. The van der Waals surface area contributed by atoms with E-state index in [1.807, 2.05) is 159 Å². The van der Waals surface area contributed by atoms with Gasteiger partial charge < -0.3 is 28.4 Å². The van der Waals surface area contributed by atoms with Crippen molar-refractivity contribution in [1.82, 2.24) is 0 Å². The Balaban J connectivity index is 1.23. The molecule has 0 saturated heterocycles. The molecule has 1 aliphatic heterocycles. The van der Waals surface area contributed by atoms with Crippen LogP contribution in [-0.4, -0.2) is 19.2 Å². The standard InChI is InChI=1S/C46H42O7/c1-32-25-40(50-30-34-17-9-4-10-18-34)38-28-43(53-46(47)45(48-2)36-21-13-6-14-22-36)44(52-41(38)26-32)37-23-24-39(49-29-33-15-7-3-8-16-33)42(27-37)51-31-35-19-11-5-12-20-35/h3-27,43-45H,28-31H2,1-2H3/t43-,44-,45+/m0/s1. The van der Waals surface area contributed by atoms with E-state index in [0.29, 0.717) is 54.8 Å². The third kappa shape index (κ3) is 8.88. The number of esters is 1. The number of carbonyl (C=O) groups is 1. The first-order valence-electron chi connectivity index (χ1n) is 17.8. The number of carbonyl (C=O) groups excluding carboxylic acids is 1. The van der Waals surface area contributed by atoms with Gasteiger partial charge in [-0.25, -0.2) is 4.79 Å². The van der Waals surface area contributed by atoms with Crippen molar-refractivity contribution in [2.75, 3.05) is 7.11 Å². The first kappa shape index (κ1) is 35.4. The highest BCUT2D eigenvalue weighted by Gasteiger charge is 2.38. The van der Waals surface area contributed by atoms with Crippen molar-refractivity contribution in [3.05, 3.63) is 191 Å². The maximum absolute atomic E-state index is 13.9. The van der Waals surface area contributed by atoms with Crippen LogP contribution in [-0.2, 0) is 40.5 Å². The van der Waals surface area contributed by atoms with E-state index in [2.05, 4.69) is 0 Å². The maximum atomic E-state index is 13.9. The van der Waals surface area contributed by atoms with Crippen molar-refractivity contribution >= 4 is 5.97 Å². The lowest BCUT2D eigenvalue weighted by atomic mass is 9.92. The minimum atomic E-state index is -0.913. The summed E-state index contributed by atoms with van der Waals surface area (Å²) in [5.74, 6) is 1.99. The van der Waals surface area contributed by atoms with Crippen molar-refractivity contribution in [2.24, 2.45) is 0 Å². The fourth-order valence-corrected chi connectivity index (χ4v) is 6.44.